The first-order valence-corrected chi connectivity index (χ1v) is 8.59. The molecule has 2 aromatic heterocycles. The molecule has 0 unspecified atom stereocenters. The first-order valence-electron chi connectivity index (χ1n) is 7.44. The summed E-state index contributed by atoms with van der Waals surface area (Å²) >= 11 is 0.968. The van der Waals surface area contributed by atoms with E-state index in [0.717, 1.165) is 24.2 Å². The van der Waals surface area contributed by atoms with Crippen molar-refractivity contribution in [2.75, 3.05) is 6.26 Å². The van der Waals surface area contributed by atoms with Gasteiger partial charge in [0.1, 0.15) is 11.5 Å². The zero-order valence-corrected chi connectivity index (χ0v) is 14.5. The Morgan fingerprint density at radius 1 is 1.23 bits per heavy atom. The van der Waals surface area contributed by atoms with Crippen LogP contribution < -0.4 is 15.2 Å². The molecule has 0 spiro atoms. The normalized spacial score (nSPS) is 10.9. The van der Waals surface area contributed by atoms with Crippen LogP contribution in [-0.4, -0.2) is 20.8 Å². The number of nitrogens with zero attached hydrogens (tertiary/aromatic N) is 3. The van der Waals surface area contributed by atoms with Gasteiger partial charge in [0.05, 0.1) is 0 Å². The van der Waals surface area contributed by atoms with Crippen LogP contribution in [0.25, 0.3) is 11.0 Å². The van der Waals surface area contributed by atoms with E-state index in [4.69, 9.17) is 14.0 Å². The van der Waals surface area contributed by atoms with Gasteiger partial charge in [-0.3, -0.25) is 14.2 Å². The van der Waals surface area contributed by atoms with Crippen LogP contribution in [0.4, 0.5) is 8.78 Å². The van der Waals surface area contributed by atoms with E-state index >= 15 is 0 Å². The summed E-state index contributed by atoms with van der Waals surface area (Å²) in [4.78, 5) is 25.6. The molecule has 0 fully saturated rings. The van der Waals surface area contributed by atoms with Gasteiger partial charge in [-0.05, 0) is 25.1 Å². The molecule has 3 rings (SSSR count). The van der Waals surface area contributed by atoms with Gasteiger partial charge >= 0.3 is 6.01 Å². The minimum absolute atomic E-state index is 0.0632. The molecule has 0 aliphatic carbocycles. The van der Waals surface area contributed by atoms with Crippen molar-refractivity contribution < 1.29 is 22.7 Å². The summed E-state index contributed by atoms with van der Waals surface area (Å²) in [6.07, 6.45) is 3.07. The van der Waals surface area contributed by atoms with Crippen molar-refractivity contribution in [1.29, 1.82) is 0 Å². The lowest BCUT2D eigenvalue weighted by molar-refractivity contribution is -0.0863. The van der Waals surface area contributed by atoms with E-state index in [1.807, 2.05) is 0 Å². The molecule has 3 aromatic rings. The fourth-order valence-corrected chi connectivity index (χ4v) is 2.39. The second kappa shape index (κ2) is 7.67. The number of ether oxygens (including phenoxy) is 1. The number of aryl methyl sites for hydroxylation is 1. The Kier molecular flexibility index (Phi) is 5.33. The van der Waals surface area contributed by atoms with Gasteiger partial charge in [-0.2, -0.15) is 4.98 Å². The van der Waals surface area contributed by atoms with Crippen molar-refractivity contribution in [2.24, 2.45) is 0 Å². The first kappa shape index (κ1) is 18.1. The molecule has 136 valence electrons. The van der Waals surface area contributed by atoms with Crippen LogP contribution in [-0.2, 0) is 10.9 Å². The van der Waals surface area contributed by atoms with E-state index < -0.39 is 17.2 Å². The number of pyridine rings is 1. The molecule has 7 nitrogen and oxygen atoms in total. The Hall–Kier alpha value is -2.72. The van der Waals surface area contributed by atoms with Crippen molar-refractivity contribution in [2.45, 2.75) is 13.5 Å². The van der Waals surface area contributed by atoms with E-state index in [0.29, 0.717) is 17.1 Å². The zero-order chi connectivity index (χ0) is 18.7. The van der Waals surface area contributed by atoms with Crippen LogP contribution in [0.15, 0.2) is 35.3 Å². The molecule has 0 bridgehead atoms. The molecule has 2 heterocycles. The Labute approximate surface area is 150 Å². The second-order valence-corrected chi connectivity index (χ2v) is 5.45. The lowest BCUT2D eigenvalue weighted by Gasteiger charge is -2.12. The predicted octanol–water partition coefficient (Wildman–Crippen LogP) is 3.47. The van der Waals surface area contributed by atoms with Gasteiger partial charge in [0, 0.05) is 42.5 Å². The van der Waals surface area contributed by atoms with Crippen molar-refractivity contribution in [3.8, 4) is 17.5 Å². The fraction of sp³-hybridized carbons (Fsp3) is 0.188. The minimum Gasteiger partial charge on any atom is -0.448 e. The average Bonchev–Trinajstić information content (AvgIpc) is 2.63. The maximum atomic E-state index is 13.8. The minimum atomic E-state index is -0.915. The third-order valence-corrected chi connectivity index (χ3v) is 3.58. The van der Waals surface area contributed by atoms with Gasteiger partial charge in [0.2, 0.25) is 0 Å². The van der Waals surface area contributed by atoms with Crippen molar-refractivity contribution in [1.82, 2.24) is 14.5 Å². The molecule has 0 radical (unpaired) electrons. The highest BCUT2D eigenvalue weighted by Gasteiger charge is 2.15. The molecule has 0 aliphatic heterocycles. The number of rotatable bonds is 6. The summed E-state index contributed by atoms with van der Waals surface area (Å²) in [5.74, 6) is -2.06. The SMILES string of the molecule is CCn1c(=O)c(Oc2ccc(F)cc2F)cc2cnc(OOSC)nc21. The molecule has 0 saturated carbocycles. The quantitative estimate of drug-likeness (QED) is 0.368. The summed E-state index contributed by atoms with van der Waals surface area (Å²) in [6.45, 7) is 2.02. The van der Waals surface area contributed by atoms with Crippen LogP contribution >= 0.6 is 12.0 Å². The molecule has 0 amide bonds. The van der Waals surface area contributed by atoms with Gasteiger partial charge in [0.15, 0.2) is 17.3 Å². The number of aromatic nitrogens is 3. The van der Waals surface area contributed by atoms with Crippen molar-refractivity contribution in [3.63, 3.8) is 0 Å². The van der Waals surface area contributed by atoms with Crippen molar-refractivity contribution in [3.05, 3.63) is 52.5 Å². The standard InChI is InChI=1S/C16H13F2N3O4S/c1-3-21-14-9(8-19-16(20-14)24-25-26-2)6-13(15(21)22)23-12-5-4-10(17)7-11(12)18/h4-8H,3H2,1-2H3. The van der Waals surface area contributed by atoms with Crippen LogP contribution in [0.2, 0.25) is 0 Å². The van der Waals surface area contributed by atoms with Gasteiger partial charge < -0.3 is 4.74 Å². The predicted molar refractivity (Wildman–Crippen MR) is 91.1 cm³/mol. The molecule has 10 heteroatoms. The average molecular weight is 381 g/mol. The van der Waals surface area contributed by atoms with Gasteiger partial charge in [-0.1, -0.05) is 0 Å². The summed E-state index contributed by atoms with van der Waals surface area (Å²) in [5.41, 5.74) is -0.224. The number of benzene rings is 1. The van der Waals surface area contributed by atoms with E-state index in [2.05, 4.69) is 9.97 Å². The number of halogens is 2. The van der Waals surface area contributed by atoms with E-state index in [9.17, 15) is 13.6 Å². The van der Waals surface area contributed by atoms with Crippen molar-refractivity contribution >= 4 is 23.1 Å². The molecule has 0 N–H and O–H groups in total. The summed E-state index contributed by atoms with van der Waals surface area (Å²) in [7, 11) is 0. The highest BCUT2D eigenvalue weighted by Crippen LogP contribution is 2.25. The van der Waals surface area contributed by atoms with Gasteiger partial charge in [-0.15, -0.1) is 4.33 Å². The van der Waals surface area contributed by atoms with Gasteiger partial charge in [-0.25, -0.2) is 13.8 Å². The lowest BCUT2D eigenvalue weighted by atomic mass is 10.3. The molecule has 0 aliphatic rings. The highest BCUT2D eigenvalue weighted by atomic mass is 32.2. The Morgan fingerprint density at radius 3 is 2.73 bits per heavy atom. The molecular weight excluding hydrogens is 368 g/mol. The largest absolute Gasteiger partial charge is 0.448 e. The third kappa shape index (κ3) is 3.60. The van der Waals surface area contributed by atoms with E-state index in [1.165, 1.54) is 16.8 Å². The number of hydrogen-bond donors (Lipinski definition) is 0. The number of fused-ring (bicyclic) bond motifs is 1. The van der Waals surface area contributed by atoms with Crippen LogP contribution in [0.1, 0.15) is 6.92 Å². The van der Waals surface area contributed by atoms with E-state index in [1.54, 1.807) is 13.2 Å². The van der Waals surface area contributed by atoms with Crippen LogP contribution in [0.3, 0.4) is 0 Å². The summed E-state index contributed by atoms with van der Waals surface area (Å²) in [5, 5.41) is 0.473. The Balaban J connectivity index is 2.07. The summed E-state index contributed by atoms with van der Waals surface area (Å²) in [6, 6.07) is 4.14. The lowest BCUT2D eigenvalue weighted by Crippen LogP contribution is -2.22. The Bertz CT molecular complexity index is 1010. The summed E-state index contributed by atoms with van der Waals surface area (Å²) < 4.78 is 38.2. The Morgan fingerprint density at radius 2 is 2.04 bits per heavy atom. The molecule has 26 heavy (non-hydrogen) atoms. The van der Waals surface area contributed by atoms with E-state index in [-0.39, 0.29) is 24.1 Å². The van der Waals surface area contributed by atoms with Crippen LogP contribution in [0, 0.1) is 11.6 Å². The molecule has 0 atom stereocenters. The smallest absolute Gasteiger partial charge is 0.356 e. The zero-order valence-electron chi connectivity index (χ0n) is 13.7. The molecule has 0 saturated heterocycles. The number of hydrogen-bond acceptors (Lipinski definition) is 7. The fourth-order valence-electron chi connectivity index (χ4n) is 2.26. The topological polar surface area (TPSA) is 75.5 Å². The van der Waals surface area contributed by atoms with Crippen LogP contribution in [0.5, 0.6) is 17.5 Å². The van der Waals surface area contributed by atoms with Gasteiger partial charge in [0.25, 0.3) is 5.56 Å². The molecular formula is C16H13F2N3O4S. The third-order valence-electron chi connectivity index (χ3n) is 3.38. The molecule has 1 aromatic carbocycles. The first-order chi connectivity index (χ1) is 12.5. The maximum absolute atomic E-state index is 13.8. The highest BCUT2D eigenvalue weighted by molar-refractivity contribution is 7.93. The monoisotopic (exact) mass is 381 g/mol. The second-order valence-electron chi connectivity index (χ2n) is 4.98. The maximum Gasteiger partial charge on any atom is 0.356 e.